The van der Waals surface area contributed by atoms with Gasteiger partial charge in [0, 0.05) is 13.8 Å². The first-order chi connectivity index (χ1) is 8.58. The van der Waals surface area contributed by atoms with Gasteiger partial charge in [-0.3, -0.25) is 4.79 Å². The predicted octanol–water partition coefficient (Wildman–Crippen LogP) is 0.335. The Morgan fingerprint density at radius 3 is 2.89 bits per heavy atom. The van der Waals surface area contributed by atoms with Gasteiger partial charge in [-0.2, -0.15) is 0 Å². The summed E-state index contributed by atoms with van der Waals surface area (Å²) in [4.78, 5) is 28.3. The van der Waals surface area contributed by atoms with Crippen LogP contribution in [0, 0.1) is 0 Å². The maximum atomic E-state index is 11.0. The van der Waals surface area contributed by atoms with Crippen molar-refractivity contribution in [2.45, 2.75) is 13.8 Å². The molecule has 0 bridgehead atoms. The molecule has 94 valence electrons. The molecule has 0 saturated heterocycles. The fraction of sp³-hybridized carbons (Fsp3) is 0.222. The quantitative estimate of drug-likeness (QED) is 0.805. The van der Waals surface area contributed by atoms with Crippen molar-refractivity contribution in [2.24, 2.45) is 0 Å². The summed E-state index contributed by atoms with van der Waals surface area (Å²) < 4.78 is 0. The maximum Gasteiger partial charge on any atom is 0.332 e. The molecule has 0 aliphatic carbocycles. The van der Waals surface area contributed by atoms with Gasteiger partial charge in [0.25, 0.3) is 0 Å². The molecular formula is C9H9N5O3S. The van der Waals surface area contributed by atoms with Gasteiger partial charge in [-0.25, -0.2) is 4.79 Å². The highest BCUT2D eigenvalue weighted by Gasteiger charge is 2.17. The second kappa shape index (κ2) is 4.92. The third-order valence-corrected chi connectivity index (χ3v) is 2.75. The summed E-state index contributed by atoms with van der Waals surface area (Å²) >= 11 is 1.32. The molecule has 0 radical (unpaired) electrons. The Morgan fingerprint density at radius 1 is 1.44 bits per heavy atom. The molecule has 0 unspecified atom stereocenters. The molecule has 8 nitrogen and oxygen atoms in total. The Morgan fingerprint density at radius 2 is 2.22 bits per heavy atom. The highest BCUT2D eigenvalue weighted by atomic mass is 32.1. The van der Waals surface area contributed by atoms with Crippen LogP contribution in [0.3, 0.4) is 0 Å². The van der Waals surface area contributed by atoms with Gasteiger partial charge in [-0.15, -0.1) is 16.4 Å². The summed E-state index contributed by atoms with van der Waals surface area (Å²) in [6.07, 6.45) is 0. The van der Waals surface area contributed by atoms with E-state index >= 15 is 0 Å². The molecule has 0 aliphatic rings. The van der Waals surface area contributed by atoms with Crippen molar-refractivity contribution in [1.82, 2.24) is 20.4 Å². The smallest absolute Gasteiger partial charge is 0.325 e. The van der Waals surface area contributed by atoms with Gasteiger partial charge in [0.2, 0.25) is 11.7 Å². The van der Waals surface area contributed by atoms with E-state index in [4.69, 9.17) is 4.84 Å². The lowest BCUT2D eigenvalue weighted by molar-refractivity contribution is -0.143. The lowest BCUT2D eigenvalue weighted by atomic mass is 10.3. The normalized spacial score (nSPS) is 10.1. The standard InChI is InChI=1S/C9H9N5O3S/c1-5(15)10-7-3-4-18-8(7)9-11-12-13-14(9)17-6(2)16/h3-4H,1-2H3,(H,10,15). The van der Waals surface area contributed by atoms with Crippen LogP contribution in [0.15, 0.2) is 11.4 Å². The maximum absolute atomic E-state index is 11.0. The van der Waals surface area contributed by atoms with Gasteiger partial charge in [-0.1, -0.05) is 0 Å². The van der Waals surface area contributed by atoms with E-state index in [-0.39, 0.29) is 11.7 Å². The van der Waals surface area contributed by atoms with Crippen LogP contribution < -0.4 is 10.2 Å². The molecule has 2 rings (SSSR count). The van der Waals surface area contributed by atoms with Crippen molar-refractivity contribution >= 4 is 28.9 Å². The Hall–Kier alpha value is -2.29. The number of hydrogen-bond donors (Lipinski definition) is 1. The molecule has 0 aromatic carbocycles. The van der Waals surface area contributed by atoms with E-state index in [9.17, 15) is 9.59 Å². The number of carbonyl (C=O) groups is 2. The van der Waals surface area contributed by atoms with Crippen molar-refractivity contribution in [1.29, 1.82) is 0 Å². The van der Waals surface area contributed by atoms with Crippen LogP contribution in [-0.2, 0) is 9.59 Å². The molecule has 2 heterocycles. The third-order valence-electron chi connectivity index (χ3n) is 1.84. The Bertz CT molecular complexity index is 538. The van der Waals surface area contributed by atoms with Gasteiger partial charge < -0.3 is 10.2 Å². The lowest BCUT2D eigenvalue weighted by Gasteiger charge is -2.04. The number of nitrogens with zero attached hydrogens (tertiary/aromatic N) is 4. The SMILES string of the molecule is CC(=O)Nc1ccsc1-c1nnnn1OC(C)=O. The van der Waals surface area contributed by atoms with Crippen LogP contribution in [0.1, 0.15) is 13.8 Å². The molecule has 1 N–H and O–H groups in total. The Kier molecular flexibility index (Phi) is 3.33. The van der Waals surface area contributed by atoms with Crippen LogP contribution >= 0.6 is 11.3 Å². The van der Waals surface area contributed by atoms with Gasteiger partial charge >= 0.3 is 5.97 Å². The number of thiophene rings is 1. The molecule has 9 heteroatoms. The monoisotopic (exact) mass is 267 g/mol. The molecular weight excluding hydrogens is 258 g/mol. The first-order valence-electron chi connectivity index (χ1n) is 4.90. The molecule has 0 atom stereocenters. The van der Waals surface area contributed by atoms with E-state index in [1.165, 1.54) is 25.2 Å². The topological polar surface area (TPSA) is 99.0 Å². The number of tetrazole rings is 1. The first kappa shape index (κ1) is 12.2. The average Bonchev–Trinajstić information content (AvgIpc) is 2.85. The van der Waals surface area contributed by atoms with Crippen molar-refractivity contribution in [3.63, 3.8) is 0 Å². The van der Waals surface area contributed by atoms with E-state index < -0.39 is 5.97 Å². The van der Waals surface area contributed by atoms with Crippen LogP contribution in [0.25, 0.3) is 10.7 Å². The molecule has 1 amide bonds. The molecule has 18 heavy (non-hydrogen) atoms. The third kappa shape index (κ3) is 2.51. The van der Waals surface area contributed by atoms with E-state index in [1.807, 2.05) is 0 Å². The van der Waals surface area contributed by atoms with Crippen LogP contribution in [0.5, 0.6) is 0 Å². The molecule has 0 saturated carbocycles. The van der Waals surface area contributed by atoms with Crippen molar-refractivity contribution in [3.05, 3.63) is 11.4 Å². The summed E-state index contributed by atoms with van der Waals surface area (Å²) in [6.45, 7) is 2.64. The fourth-order valence-electron chi connectivity index (χ4n) is 1.27. The van der Waals surface area contributed by atoms with Crippen LogP contribution in [-0.4, -0.2) is 32.2 Å². The van der Waals surface area contributed by atoms with E-state index in [0.717, 1.165) is 4.85 Å². The zero-order valence-electron chi connectivity index (χ0n) is 9.58. The fourth-order valence-corrected chi connectivity index (χ4v) is 2.08. The number of rotatable bonds is 3. The second-order valence-corrected chi connectivity index (χ2v) is 4.22. The number of carbonyl (C=O) groups excluding carboxylic acids is 2. The molecule has 0 fully saturated rings. The van der Waals surface area contributed by atoms with E-state index in [2.05, 4.69) is 20.8 Å². The van der Waals surface area contributed by atoms with Gasteiger partial charge in [0.05, 0.1) is 5.69 Å². The summed E-state index contributed by atoms with van der Waals surface area (Å²) in [5.74, 6) is -0.494. The number of anilines is 1. The highest BCUT2D eigenvalue weighted by Crippen LogP contribution is 2.31. The molecule has 2 aromatic rings. The number of amides is 1. The molecule has 2 aromatic heterocycles. The largest absolute Gasteiger partial charge is 0.332 e. The summed E-state index contributed by atoms with van der Waals surface area (Å²) in [5, 5.41) is 15.1. The molecule has 0 spiro atoms. The number of aromatic nitrogens is 4. The number of hydrogen-bond acceptors (Lipinski definition) is 7. The zero-order chi connectivity index (χ0) is 13.1. The van der Waals surface area contributed by atoms with Crippen LogP contribution in [0.4, 0.5) is 5.69 Å². The van der Waals surface area contributed by atoms with E-state index in [1.54, 1.807) is 11.4 Å². The minimum Gasteiger partial charge on any atom is -0.325 e. The van der Waals surface area contributed by atoms with Gasteiger partial charge in [-0.05, 0) is 26.7 Å². The van der Waals surface area contributed by atoms with Gasteiger partial charge in [0.15, 0.2) is 0 Å². The van der Waals surface area contributed by atoms with Crippen molar-refractivity contribution in [3.8, 4) is 10.7 Å². The minimum atomic E-state index is -0.541. The lowest BCUT2D eigenvalue weighted by Crippen LogP contribution is -2.19. The van der Waals surface area contributed by atoms with E-state index in [0.29, 0.717) is 10.6 Å². The minimum absolute atomic E-state index is 0.207. The number of nitrogens with one attached hydrogen (secondary N) is 1. The predicted molar refractivity (Wildman–Crippen MR) is 62.7 cm³/mol. The van der Waals surface area contributed by atoms with Crippen LogP contribution in [0.2, 0.25) is 0 Å². The summed E-state index contributed by atoms with van der Waals surface area (Å²) in [6, 6.07) is 1.72. The average molecular weight is 267 g/mol. The van der Waals surface area contributed by atoms with Crippen molar-refractivity contribution in [2.75, 3.05) is 5.32 Å². The Labute approximate surface area is 106 Å². The van der Waals surface area contributed by atoms with Crippen molar-refractivity contribution < 1.29 is 14.4 Å². The molecule has 0 aliphatic heterocycles. The first-order valence-corrected chi connectivity index (χ1v) is 5.78. The van der Waals surface area contributed by atoms with Gasteiger partial charge in [0.1, 0.15) is 4.88 Å². The summed E-state index contributed by atoms with van der Waals surface area (Å²) in [7, 11) is 0. The summed E-state index contributed by atoms with van der Waals surface area (Å²) in [5.41, 5.74) is 0.565. The Balaban J connectivity index is 2.37. The second-order valence-electron chi connectivity index (χ2n) is 3.30. The highest BCUT2D eigenvalue weighted by molar-refractivity contribution is 7.14. The zero-order valence-corrected chi connectivity index (χ0v) is 10.4.